The minimum absolute atomic E-state index is 0.230. The number of carbonyl (C=O) groups is 2. The van der Waals surface area contributed by atoms with Gasteiger partial charge in [0.05, 0.1) is 18.0 Å². The lowest BCUT2D eigenvalue weighted by molar-refractivity contribution is 0.0503. The molecule has 6 nitrogen and oxygen atoms in total. The van der Waals surface area contributed by atoms with Crippen LogP contribution in [0.4, 0.5) is 4.79 Å². The lowest BCUT2D eigenvalue weighted by atomic mass is 10.0. The van der Waals surface area contributed by atoms with Crippen LogP contribution in [-0.2, 0) is 15.9 Å². The van der Waals surface area contributed by atoms with Gasteiger partial charge in [0, 0.05) is 0 Å². The van der Waals surface area contributed by atoms with Crippen molar-refractivity contribution >= 4 is 34.2 Å². The van der Waals surface area contributed by atoms with Gasteiger partial charge in [0.15, 0.2) is 5.69 Å². The number of alkyl carbamates (subject to hydrolysis) is 1. The van der Waals surface area contributed by atoms with Gasteiger partial charge in [-0.05, 0) is 49.1 Å². The predicted octanol–water partition coefficient (Wildman–Crippen LogP) is 6.56. The van der Waals surface area contributed by atoms with E-state index in [0.29, 0.717) is 16.3 Å². The molecule has 0 spiro atoms. The summed E-state index contributed by atoms with van der Waals surface area (Å²) in [6.45, 7) is 5.45. The number of hydrogen-bond donors (Lipinski definition) is 1. The van der Waals surface area contributed by atoms with E-state index in [9.17, 15) is 9.59 Å². The molecule has 1 unspecified atom stereocenters. The Labute approximate surface area is 208 Å². The second-order valence-corrected chi connectivity index (χ2v) is 10.2. The third kappa shape index (κ3) is 6.05. The number of nitrogens with one attached hydrogen (secondary N) is 1. The van der Waals surface area contributed by atoms with Crippen molar-refractivity contribution in [3.05, 3.63) is 89.1 Å². The van der Waals surface area contributed by atoms with Crippen LogP contribution < -0.4 is 5.32 Å². The molecule has 4 aromatic rings. The third-order valence-electron chi connectivity index (χ3n) is 5.30. The van der Waals surface area contributed by atoms with Crippen molar-refractivity contribution in [2.75, 3.05) is 7.11 Å². The highest BCUT2D eigenvalue weighted by molar-refractivity contribution is 7.15. The molecule has 0 bridgehead atoms. The molecule has 0 aliphatic rings. The van der Waals surface area contributed by atoms with Crippen LogP contribution in [0.1, 0.15) is 47.9 Å². The van der Waals surface area contributed by atoms with Gasteiger partial charge in [-0.2, -0.15) is 0 Å². The van der Waals surface area contributed by atoms with Crippen molar-refractivity contribution in [1.82, 2.24) is 10.3 Å². The number of methoxy groups -OCH3 is 1. The van der Waals surface area contributed by atoms with Crippen LogP contribution in [0.5, 0.6) is 0 Å². The fraction of sp³-hybridized carbons (Fsp3) is 0.250. The first-order valence-electron chi connectivity index (χ1n) is 11.3. The quantitative estimate of drug-likeness (QED) is 0.311. The van der Waals surface area contributed by atoms with Gasteiger partial charge in [-0.25, -0.2) is 14.6 Å². The SMILES string of the molecule is COC(=O)c1nc(C(Cc2ccc3ccccc3c2)NC(=O)OC(C)(C)C)sc1-c1ccccc1. The standard InChI is InChI=1S/C28H28N2O4S/c1-28(2,3)34-27(32)29-22(17-18-14-15-19-10-8-9-13-21(19)16-18)25-30-23(26(31)33-4)24(35-25)20-11-6-5-7-12-20/h5-16,22H,17H2,1-4H3,(H,29,32). The number of rotatable bonds is 6. The first-order valence-corrected chi connectivity index (χ1v) is 12.2. The molecule has 4 rings (SSSR count). The molecule has 1 heterocycles. The van der Waals surface area contributed by atoms with E-state index in [-0.39, 0.29) is 5.69 Å². The maximum absolute atomic E-state index is 12.7. The lowest BCUT2D eigenvalue weighted by Gasteiger charge is -2.23. The molecule has 0 aliphatic carbocycles. The molecule has 0 aliphatic heterocycles. The second kappa shape index (κ2) is 10.3. The number of ether oxygens (including phenoxy) is 2. The van der Waals surface area contributed by atoms with E-state index in [4.69, 9.17) is 9.47 Å². The third-order valence-corrected chi connectivity index (χ3v) is 6.52. The number of aromatic nitrogens is 1. The number of fused-ring (bicyclic) bond motifs is 1. The van der Waals surface area contributed by atoms with Crippen LogP contribution in [0.25, 0.3) is 21.2 Å². The van der Waals surface area contributed by atoms with Gasteiger partial charge in [0.1, 0.15) is 10.6 Å². The van der Waals surface area contributed by atoms with Crippen molar-refractivity contribution in [2.24, 2.45) is 0 Å². The first-order chi connectivity index (χ1) is 16.7. The largest absolute Gasteiger partial charge is 0.464 e. The number of hydrogen-bond acceptors (Lipinski definition) is 6. The summed E-state index contributed by atoms with van der Waals surface area (Å²) < 4.78 is 10.5. The van der Waals surface area contributed by atoms with Gasteiger partial charge >= 0.3 is 12.1 Å². The molecule has 3 aromatic carbocycles. The Balaban J connectivity index is 1.74. The monoisotopic (exact) mass is 488 g/mol. The van der Waals surface area contributed by atoms with E-state index in [2.05, 4.69) is 34.6 Å². The predicted molar refractivity (Wildman–Crippen MR) is 139 cm³/mol. The Morgan fingerprint density at radius 1 is 0.971 bits per heavy atom. The summed E-state index contributed by atoms with van der Waals surface area (Å²) in [5.74, 6) is -0.520. The molecule has 7 heteroatoms. The number of thiazole rings is 1. The molecule has 0 saturated heterocycles. The Kier molecular flexibility index (Phi) is 7.17. The van der Waals surface area contributed by atoms with Crippen LogP contribution in [0.2, 0.25) is 0 Å². The van der Waals surface area contributed by atoms with E-state index in [1.807, 2.05) is 69.3 Å². The minimum Gasteiger partial charge on any atom is -0.464 e. The fourth-order valence-electron chi connectivity index (χ4n) is 3.76. The van der Waals surface area contributed by atoms with Crippen LogP contribution in [0.15, 0.2) is 72.8 Å². The maximum Gasteiger partial charge on any atom is 0.408 e. The zero-order chi connectivity index (χ0) is 25.0. The molecule has 180 valence electrons. The lowest BCUT2D eigenvalue weighted by Crippen LogP contribution is -2.35. The minimum atomic E-state index is -0.646. The molecule has 1 N–H and O–H groups in total. The number of carbonyl (C=O) groups excluding carboxylic acids is 2. The average molecular weight is 489 g/mol. The van der Waals surface area contributed by atoms with Crippen molar-refractivity contribution in [1.29, 1.82) is 0 Å². The number of nitrogens with zero attached hydrogens (tertiary/aromatic N) is 1. The number of amides is 1. The van der Waals surface area contributed by atoms with E-state index in [1.54, 1.807) is 0 Å². The van der Waals surface area contributed by atoms with E-state index in [0.717, 1.165) is 21.9 Å². The van der Waals surface area contributed by atoms with Gasteiger partial charge in [-0.1, -0.05) is 72.8 Å². The summed E-state index contributed by atoms with van der Waals surface area (Å²) in [4.78, 5) is 30.7. The number of esters is 1. The molecule has 1 atom stereocenters. The first kappa shape index (κ1) is 24.4. The van der Waals surface area contributed by atoms with Gasteiger partial charge in [-0.3, -0.25) is 0 Å². The van der Waals surface area contributed by atoms with Crippen LogP contribution in [-0.4, -0.2) is 29.8 Å². The highest BCUT2D eigenvalue weighted by Crippen LogP contribution is 2.35. The molecule has 1 aromatic heterocycles. The van der Waals surface area contributed by atoms with E-state index in [1.165, 1.54) is 18.4 Å². The summed E-state index contributed by atoms with van der Waals surface area (Å²) in [7, 11) is 1.33. The van der Waals surface area contributed by atoms with Gasteiger partial charge < -0.3 is 14.8 Å². The van der Waals surface area contributed by atoms with Gasteiger partial charge in [0.2, 0.25) is 0 Å². The fourth-order valence-corrected chi connectivity index (χ4v) is 4.87. The van der Waals surface area contributed by atoms with Gasteiger partial charge in [-0.15, -0.1) is 11.3 Å². The van der Waals surface area contributed by atoms with E-state index >= 15 is 0 Å². The molecular weight excluding hydrogens is 460 g/mol. The highest BCUT2D eigenvalue weighted by atomic mass is 32.1. The Hall–Kier alpha value is -3.71. The molecule has 1 amide bonds. The van der Waals surface area contributed by atoms with Crippen molar-refractivity contribution in [3.8, 4) is 10.4 Å². The smallest absolute Gasteiger partial charge is 0.408 e. The second-order valence-electron chi connectivity index (χ2n) is 9.17. The Morgan fingerprint density at radius 3 is 2.34 bits per heavy atom. The molecule has 0 saturated carbocycles. The average Bonchev–Trinajstić information content (AvgIpc) is 3.28. The van der Waals surface area contributed by atoms with Crippen molar-refractivity contribution in [3.63, 3.8) is 0 Å². The molecule has 0 radical (unpaired) electrons. The normalized spacial score (nSPS) is 12.2. The summed E-state index contributed by atoms with van der Waals surface area (Å²) in [6, 6.07) is 23.4. The Bertz CT molecular complexity index is 1340. The van der Waals surface area contributed by atoms with Crippen LogP contribution >= 0.6 is 11.3 Å². The van der Waals surface area contributed by atoms with Crippen LogP contribution in [0, 0.1) is 0 Å². The topological polar surface area (TPSA) is 77.5 Å². The zero-order valence-electron chi connectivity index (χ0n) is 20.2. The molecular formula is C28H28N2O4S. The van der Waals surface area contributed by atoms with Crippen molar-refractivity contribution < 1.29 is 19.1 Å². The van der Waals surface area contributed by atoms with Crippen LogP contribution in [0.3, 0.4) is 0 Å². The zero-order valence-corrected chi connectivity index (χ0v) is 21.0. The Morgan fingerprint density at radius 2 is 1.66 bits per heavy atom. The van der Waals surface area contributed by atoms with E-state index < -0.39 is 23.7 Å². The summed E-state index contributed by atoms with van der Waals surface area (Å²) in [5.41, 5.74) is 1.47. The van der Waals surface area contributed by atoms with Crippen molar-refractivity contribution in [2.45, 2.75) is 38.8 Å². The molecule has 0 fully saturated rings. The van der Waals surface area contributed by atoms with Gasteiger partial charge in [0.25, 0.3) is 0 Å². The summed E-state index contributed by atoms with van der Waals surface area (Å²) in [6.07, 6.45) is -0.0636. The highest BCUT2D eigenvalue weighted by Gasteiger charge is 2.27. The summed E-state index contributed by atoms with van der Waals surface area (Å²) >= 11 is 1.37. The maximum atomic E-state index is 12.7. The number of benzene rings is 3. The summed E-state index contributed by atoms with van der Waals surface area (Å²) in [5, 5.41) is 5.82. The molecule has 35 heavy (non-hydrogen) atoms.